The molecular formula is C4H3FN2O2. The molecule has 0 fully saturated rings. The van der Waals surface area contributed by atoms with E-state index in [1.54, 1.807) is 5.32 Å². The van der Waals surface area contributed by atoms with E-state index < -0.39 is 24.3 Å². The maximum Gasteiger partial charge on any atom is 0.349 e. The number of aliphatic imine (C=N–C) groups is 1. The SMILES string of the molecule is O=C1CC(F)=NC(=O)N1. The number of carbonyl (C=O) groups is 2. The van der Waals surface area contributed by atoms with E-state index in [2.05, 4.69) is 4.99 Å². The van der Waals surface area contributed by atoms with Gasteiger partial charge in [-0.1, -0.05) is 0 Å². The molecule has 0 aromatic heterocycles. The third kappa shape index (κ3) is 1.31. The Bertz CT molecular complexity index is 199. The van der Waals surface area contributed by atoms with Crippen molar-refractivity contribution in [3.63, 3.8) is 0 Å². The average molecular weight is 130 g/mol. The third-order valence-electron chi connectivity index (χ3n) is 0.776. The van der Waals surface area contributed by atoms with Gasteiger partial charge < -0.3 is 0 Å². The highest BCUT2D eigenvalue weighted by molar-refractivity contribution is 6.11. The molecule has 0 aromatic carbocycles. The molecule has 1 N–H and O–H groups in total. The summed E-state index contributed by atoms with van der Waals surface area (Å²) in [7, 11) is 0. The Balaban J connectivity index is 2.79. The van der Waals surface area contributed by atoms with Crippen LogP contribution in [0.4, 0.5) is 9.18 Å². The predicted molar refractivity (Wildman–Crippen MR) is 26.7 cm³/mol. The Kier molecular flexibility index (Phi) is 1.26. The molecule has 0 spiro atoms. The molecule has 0 saturated carbocycles. The number of hydrogen-bond donors (Lipinski definition) is 1. The fourth-order valence-corrected chi connectivity index (χ4v) is 0.474. The standard InChI is InChI=1S/C4H3FN2O2/c5-2-1-3(8)7-4(9)6-2/h1H2,(H,7,8,9). The van der Waals surface area contributed by atoms with Crippen molar-refractivity contribution in [2.45, 2.75) is 6.42 Å². The van der Waals surface area contributed by atoms with Crippen LogP contribution in [0.25, 0.3) is 0 Å². The van der Waals surface area contributed by atoms with Gasteiger partial charge in [0.15, 0.2) is 0 Å². The average Bonchev–Trinajstić information content (AvgIpc) is 1.59. The van der Waals surface area contributed by atoms with Gasteiger partial charge in [0, 0.05) is 0 Å². The number of amides is 3. The van der Waals surface area contributed by atoms with Gasteiger partial charge in [0.1, 0.15) is 0 Å². The molecule has 0 bridgehead atoms. The van der Waals surface area contributed by atoms with E-state index in [0.29, 0.717) is 0 Å². The Morgan fingerprint density at radius 1 is 1.56 bits per heavy atom. The molecule has 5 heteroatoms. The molecular weight excluding hydrogens is 127 g/mol. The van der Waals surface area contributed by atoms with E-state index >= 15 is 0 Å². The van der Waals surface area contributed by atoms with Crippen molar-refractivity contribution in [2.75, 3.05) is 0 Å². The minimum atomic E-state index is -0.927. The Labute approximate surface area is 49.8 Å². The van der Waals surface area contributed by atoms with Crippen molar-refractivity contribution in [1.29, 1.82) is 0 Å². The van der Waals surface area contributed by atoms with Gasteiger partial charge in [-0.3, -0.25) is 10.1 Å². The van der Waals surface area contributed by atoms with Crippen molar-refractivity contribution in [3.05, 3.63) is 0 Å². The minimum absolute atomic E-state index is 0.425. The highest BCUT2D eigenvalue weighted by Crippen LogP contribution is 1.95. The van der Waals surface area contributed by atoms with Gasteiger partial charge in [-0.15, -0.1) is 0 Å². The van der Waals surface area contributed by atoms with Crippen molar-refractivity contribution < 1.29 is 14.0 Å². The second-order valence-corrected chi connectivity index (χ2v) is 1.52. The van der Waals surface area contributed by atoms with Crippen LogP contribution in [-0.4, -0.2) is 17.9 Å². The monoisotopic (exact) mass is 130 g/mol. The van der Waals surface area contributed by atoms with Crippen LogP contribution in [0.1, 0.15) is 6.42 Å². The van der Waals surface area contributed by atoms with Crippen molar-refractivity contribution in [1.82, 2.24) is 5.32 Å². The molecule has 4 nitrogen and oxygen atoms in total. The van der Waals surface area contributed by atoms with Gasteiger partial charge in [-0.2, -0.15) is 9.38 Å². The second kappa shape index (κ2) is 1.93. The summed E-state index contributed by atoms with van der Waals surface area (Å²) in [6, 6.07) is -0.927. The fourth-order valence-electron chi connectivity index (χ4n) is 0.474. The number of nitrogens with zero attached hydrogens (tertiary/aromatic N) is 1. The molecule has 48 valence electrons. The Morgan fingerprint density at radius 3 is 2.67 bits per heavy atom. The maximum absolute atomic E-state index is 12.0. The van der Waals surface area contributed by atoms with Gasteiger partial charge in [0.25, 0.3) is 0 Å². The van der Waals surface area contributed by atoms with Crippen LogP contribution >= 0.6 is 0 Å². The fraction of sp³-hybridized carbons (Fsp3) is 0.250. The molecule has 0 saturated heterocycles. The van der Waals surface area contributed by atoms with Gasteiger partial charge in [0.2, 0.25) is 11.9 Å². The van der Waals surface area contributed by atoms with Crippen LogP contribution in [-0.2, 0) is 4.79 Å². The summed E-state index contributed by atoms with van der Waals surface area (Å²) in [4.78, 5) is 23.2. The molecule has 1 heterocycles. The molecule has 1 rings (SSSR count). The largest absolute Gasteiger partial charge is 0.349 e. The lowest BCUT2D eigenvalue weighted by Crippen LogP contribution is -2.33. The number of carbonyl (C=O) groups excluding carboxylic acids is 2. The first-order chi connectivity index (χ1) is 4.18. The zero-order valence-electron chi connectivity index (χ0n) is 4.35. The number of nitrogens with one attached hydrogen (secondary N) is 1. The lowest BCUT2D eigenvalue weighted by molar-refractivity contribution is -0.119. The van der Waals surface area contributed by atoms with Crippen molar-refractivity contribution >= 4 is 17.9 Å². The summed E-state index contributed by atoms with van der Waals surface area (Å²) < 4.78 is 12.0. The quantitative estimate of drug-likeness (QED) is 0.501. The van der Waals surface area contributed by atoms with E-state index in [9.17, 15) is 14.0 Å². The third-order valence-corrected chi connectivity index (χ3v) is 0.776. The van der Waals surface area contributed by atoms with Crippen LogP contribution in [0.5, 0.6) is 0 Å². The van der Waals surface area contributed by atoms with E-state index in [0.717, 1.165) is 0 Å². The molecule has 0 aliphatic carbocycles. The zero-order chi connectivity index (χ0) is 6.85. The van der Waals surface area contributed by atoms with Crippen molar-refractivity contribution in [3.8, 4) is 0 Å². The summed E-state index contributed by atoms with van der Waals surface area (Å²) in [6.45, 7) is 0. The molecule has 9 heavy (non-hydrogen) atoms. The minimum Gasteiger partial charge on any atom is -0.276 e. The molecule has 1 aliphatic heterocycles. The molecule has 0 radical (unpaired) electrons. The number of urea groups is 1. The molecule has 0 atom stereocenters. The highest BCUT2D eigenvalue weighted by atomic mass is 19.1. The number of rotatable bonds is 0. The van der Waals surface area contributed by atoms with Crippen LogP contribution in [0, 0.1) is 0 Å². The summed E-state index contributed by atoms with van der Waals surface area (Å²) >= 11 is 0. The molecule has 0 unspecified atom stereocenters. The predicted octanol–water partition coefficient (Wildman–Crippen LogP) is -0.00570. The summed E-state index contributed by atoms with van der Waals surface area (Å²) in [5.74, 6) is -1.57. The van der Waals surface area contributed by atoms with Crippen LogP contribution in [0.2, 0.25) is 0 Å². The van der Waals surface area contributed by atoms with Crippen LogP contribution in [0.15, 0.2) is 4.99 Å². The van der Waals surface area contributed by atoms with E-state index in [1.165, 1.54) is 0 Å². The molecule has 1 aliphatic rings. The van der Waals surface area contributed by atoms with Crippen LogP contribution < -0.4 is 5.32 Å². The van der Waals surface area contributed by atoms with E-state index in [-0.39, 0.29) is 0 Å². The first-order valence-corrected chi connectivity index (χ1v) is 2.25. The Morgan fingerprint density at radius 2 is 2.22 bits per heavy atom. The second-order valence-electron chi connectivity index (χ2n) is 1.52. The maximum atomic E-state index is 12.0. The summed E-state index contributed by atoms with van der Waals surface area (Å²) in [5.41, 5.74) is 0. The van der Waals surface area contributed by atoms with Crippen LogP contribution in [0.3, 0.4) is 0 Å². The Hall–Kier alpha value is -1.26. The highest BCUT2D eigenvalue weighted by Gasteiger charge is 2.16. The topological polar surface area (TPSA) is 58.5 Å². The first-order valence-electron chi connectivity index (χ1n) is 2.25. The summed E-state index contributed by atoms with van der Waals surface area (Å²) in [6.07, 6.45) is -0.425. The van der Waals surface area contributed by atoms with Gasteiger partial charge in [0.05, 0.1) is 6.42 Å². The first kappa shape index (κ1) is 5.87. The van der Waals surface area contributed by atoms with E-state index in [4.69, 9.17) is 0 Å². The van der Waals surface area contributed by atoms with E-state index in [1.807, 2.05) is 0 Å². The lowest BCUT2D eigenvalue weighted by atomic mass is 10.4. The smallest absolute Gasteiger partial charge is 0.276 e. The van der Waals surface area contributed by atoms with Crippen molar-refractivity contribution in [2.24, 2.45) is 4.99 Å². The number of imide groups is 1. The normalized spacial score (nSPS) is 19.0. The lowest BCUT2D eigenvalue weighted by Gasteiger charge is -2.02. The number of hydrogen-bond acceptors (Lipinski definition) is 2. The zero-order valence-corrected chi connectivity index (χ0v) is 4.35. The molecule has 0 aromatic rings. The van der Waals surface area contributed by atoms with Gasteiger partial charge in [-0.05, 0) is 0 Å². The van der Waals surface area contributed by atoms with Gasteiger partial charge >= 0.3 is 6.03 Å². The van der Waals surface area contributed by atoms with Gasteiger partial charge in [-0.25, -0.2) is 4.79 Å². The number of halogens is 1. The summed E-state index contributed by atoms with van der Waals surface area (Å²) in [5, 5.41) is 1.80. The molecule has 3 amide bonds.